The van der Waals surface area contributed by atoms with Crippen LogP contribution in [0.1, 0.15) is 27.7 Å². The Bertz CT molecular complexity index is 552. The molecule has 0 saturated carbocycles. The molecular weight excluding hydrogens is 308 g/mol. The van der Waals surface area contributed by atoms with Gasteiger partial charge >= 0.3 is 0 Å². The van der Waals surface area contributed by atoms with E-state index in [1.807, 2.05) is 36.4 Å². The second kappa shape index (κ2) is 7.34. The summed E-state index contributed by atoms with van der Waals surface area (Å²) in [6.45, 7) is 8.38. The van der Waals surface area contributed by atoms with E-state index >= 15 is 0 Å². The van der Waals surface area contributed by atoms with Crippen molar-refractivity contribution in [2.24, 2.45) is 10.2 Å². The van der Waals surface area contributed by atoms with Gasteiger partial charge in [0.2, 0.25) is 0 Å². The van der Waals surface area contributed by atoms with Gasteiger partial charge < -0.3 is 0 Å². The molecular formula is C18H22N2S2. The number of rotatable bonds is 6. The zero-order valence-corrected chi connectivity index (χ0v) is 15.1. The summed E-state index contributed by atoms with van der Waals surface area (Å²) in [5.74, 6) is 0. The zero-order valence-electron chi connectivity index (χ0n) is 13.5. The Morgan fingerprint density at radius 3 is 1.23 bits per heavy atom. The third-order valence-corrected chi connectivity index (χ3v) is 4.93. The molecule has 0 amide bonds. The molecule has 0 fully saturated rings. The Hall–Kier alpha value is -1.26. The molecule has 2 aromatic carbocycles. The van der Waals surface area contributed by atoms with Gasteiger partial charge in [0.1, 0.15) is 9.74 Å². The predicted molar refractivity (Wildman–Crippen MR) is 97.6 cm³/mol. The first-order chi connectivity index (χ1) is 10.4. The summed E-state index contributed by atoms with van der Waals surface area (Å²) in [6, 6.07) is 20.6. The normalized spacial score (nSPS) is 12.7. The van der Waals surface area contributed by atoms with Gasteiger partial charge in [-0.15, -0.1) is 0 Å². The van der Waals surface area contributed by atoms with Crippen LogP contribution in [0.2, 0.25) is 0 Å². The van der Waals surface area contributed by atoms with Gasteiger partial charge in [-0.1, -0.05) is 59.9 Å². The quantitative estimate of drug-likeness (QED) is 0.446. The summed E-state index contributed by atoms with van der Waals surface area (Å²) >= 11 is 3.45. The average Bonchev–Trinajstić information content (AvgIpc) is 2.47. The first-order valence-electron chi connectivity index (χ1n) is 7.29. The molecule has 2 nitrogen and oxygen atoms in total. The maximum absolute atomic E-state index is 4.59. The Balaban J connectivity index is 2.02. The van der Waals surface area contributed by atoms with E-state index in [-0.39, 0.29) is 9.74 Å². The zero-order chi connectivity index (χ0) is 16.1. The Morgan fingerprint density at radius 2 is 0.909 bits per heavy atom. The summed E-state index contributed by atoms with van der Waals surface area (Å²) in [4.78, 5) is 1.85. The predicted octanol–water partition coefficient (Wildman–Crippen LogP) is 6.50. The summed E-state index contributed by atoms with van der Waals surface area (Å²) in [7, 11) is 0. The standard InChI is InChI=1S/C18H22N2S2/c1-17(2,21-15-11-7-5-8-12-15)19-20-18(3,4)22-16-13-9-6-10-14-16/h5-14H,1-4H3. The SMILES string of the molecule is CC(C)(N=NC(C)(C)Sc1ccccc1)Sc1ccccc1. The highest BCUT2D eigenvalue weighted by Gasteiger charge is 2.23. The highest BCUT2D eigenvalue weighted by atomic mass is 32.2. The fourth-order valence-corrected chi connectivity index (χ4v) is 3.74. The minimum atomic E-state index is -0.282. The molecule has 22 heavy (non-hydrogen) atoms. The number of thioether (sulfide) groups is 2. The smallest absolute Gasteiger partial charge is 0.125 e. The van der Waals surface area contributed by atoms with E-state index in [1.54, 1.807) is 23.5 Å². The third kappa shape index (κ3) is 5.85. The molecule has 0 atom stereocenters. The minimum absolute atomic E-state index is 0.282. The van der Waals surface area contributed by atoms with Gasteiger partial charge in [0.05, 0.1) is 0 Å². The van der Waals surface area contributed by atoms with E-state index in [1.165, 1.54) is 9.79 Å². The van der Waals surface area contributed by atoms with Crippen molar-refractivity contribution in [3.63, 3.8) is 0 Å². The van der Waals surface area contributed by atoms with Crippen LogP contribution in [-0.2, 0) is 0 Å². The van der Waals surface area contributed by atoms with Gasteiger partial charge in [0.25, 0.3) is 0 Å². The lowest BCUT2D eigenvalue weighted by Gasteiger charge is -2.22. The van der Waals surface area contributed by atoms with Crippen LogP contribution in [-0.4, -0.2) is 9.74 Å². The molecule has 0 bridgehead atoms. The molecule has 0 aromatic heterocycles. The molecule has 0 N–H and O–H groups in total. The summed E-state index contributed by atoms with van der Waals surface area (Å²) in [5.41, 5.74) is 0. The van der Waals surface area contributed by atoms with Gasteiger partial charge in [-0.05, 0) is 52.0 Å². The molecule has 4 heteroatoms. The molecule has 0 aliphatic carbocycles. The van der Waals surface area contributed by atoms with Crippen LogP contribution in [0.15, 0.2) is 80.7 Å². The number of hydrogen-bond donors (Lipinski definition) is 0. The molecule has 2 aromatic rings. The summed E-state index contributed by atoms with van der Waals surface area (Å²) < 4.78 is 0. The van der Waals surface area contributed by atoms with Crippen LogP contribution in [0.25, 0.3) is 0 Å². The Labute approximate surface area is 141 Å². The maximum Gasteiger partial charge on any atom is 0.125 e. The maximum atomic E-state index is 4.59. The number of azo groups is 1. The van der Waals surface area contributed by atoms with Gasteiger partial charge in [0, 0.05) is 9.79 Å². The molecule has 0 spiro atoms. The van der Waals surface area contributed by atoms with Gasteiger partial charge in [-0.2, -0.15) is 10.2 Å². The van der Waals surface area contributed by atoms with Crippen LogP contribution in [0.3, 0.4) is 0 Å². The third-order valence-electron chi connectivity index (χ3n) is 2.75. The van der Waals surface area contributed by atoms with Crippen LogP contribution in [0.5, 0.6) is 0 Å². The van der Waals surface area contributed by atoms with Crippen molar-refractivity contribution in [2.75, 3.05) is 0 Å². The van der Waals surface area contributed by atoms with E-state index in [9.17, 15) is 0 Å². The van der Waals surface area contributed by atoms with E-state index < -0.39 is 0 Å². The van der Waals surface area contributed by atoms with Crippen LogP contribution >= 0.6 is 23.5 Å². The fraction of sp³-hybridized carbons (Fsp3) is 0.333. The van der Waals surface area contributed by atoms with Crippen molar-refractivity contribution < 1.29 is 0 Å². The van der Waals surface area contributed by atoms with Gasteiger partial charge in [-0.25, -0.2) is 0 Å². The van der Waals surface area contributed by atoms with Crippen molar-refractivity contribution in [1.82, 2.24) is 0 Å². The molecule has 0 aliphatic rings. The molecule has 2 rings (SSSR count). The van der Waals surface area contributed by atoms with Crippen LogP contribution in [0.4, 0.5) is 0 Å². The highest BCUT2D eigenvalue weighted by molar-refractivity contribution is 8.01. The van der Waals surface area contributed by atoms with Crippen molar-refractivity contribution >= 4 is 23.5 Å². The largest absolute Gasteiger partial charge is 0.175 e. The monoisotopic (exact) mass is 330 g/mol. The van der Waals surface area contributed by atoms with Crippen molar-refractivity contribution in [1.29, 1.82) is 0 Å². The fourth-order valence-electron chi connectivity index (χ4n) is 1.84. The molecule has 0 aliphatic heterocycles. The topological polar surface area (TPSA) is 24.7 Å². The molecule has 116 valence electrons. The van der Waals surface area contributed by atoms with E-state index in [0.717, 1.165) is 0 Å². The number of nitrogens with zero attached hydrogens (tertiary/aromatic N) is 2. The lowest BCUT2D eigenvalue weighted by atomic mass is 10.4. The van der Waals surface area contributed by atoms with Crippen LogP contribution in [0, 0.1) is 0 Å². The summed E-state index contributed by atoms with van der Waals surface area (Å²) in [6.07, 6.45) is 0. The van der Waals surface area contributed by atoms with E-state index in [2.05, 4.69) is 62.2 Å². The molecule has 0 unspecified atom stereocenters. The van der Waals surface area contributed by atoms with Crippen molar-refractivity contribution in [3.8, 4) is 0 Å². The lowest BCUT2D eigenvalue weighted by Crippen LogP contribution is -2.15. The highest BCUT2D eigenvalue weighted by Crippen LogP contribution is 2.38. The van der Waals surface area contributed by atoms with Crippen molar-refractivity contribution in [3.05, 3.63) is 60.7 Å². The second-order valence-corrected chi connectivity index (χ2v) is 9.27. The molecule has 0 saturated heterocycles. The first-order valence-corrected chi connectivity index (χ1v) is 8.92. The lowest BCUT2D eigenvalue weighted by molar-refractivity contribution is 0.614. The van der Waals surface area contributed by atoms with Gasteiger partial charge in [-0.3, -0.25) is 0 Å². The minimum Gasteiger partial charge on any atom is -0.175 e. The second-order valence-electron chi connectivity index (χ2n) is 5.92. The van der Waals surface area contributed by atoms with Crippen molar-refractivity contribution in [2.45, 2.75) is 47.2 Å². The first kappa shape index (κ1) is 17.1. The Kier molecular flexibility index (Phi) is 5.70. The van der Waals surface area contributed by atoms with E-state index in [0.29, 0.717) is 0 Å². The van der Waals surface area contributed by atoms with Gasteiger partial charge in [0.15, 0.2) is 0 Å². The number of benzene rings is 2. The molecule has 0 heterocycles. The van der Waals surface area contributed by atoms with Crippen LogP contribution < -0.4 is 0 Å². The summed E-state index contributed by atoms with van der Waals surface area (Å²) in [5, 5.41) is 9.17. The average molecular weight is 331 g/mol. The Morgan fingerprint density at radius 1 is 0.591 bits per heavy atom. The molecule has 0 radical (unpaired) electrons. The number of hydrogen-bond acceptors (Lipinski definition) is 4. The van der Waals surface area contributed by atoms with E-state index in [4.69, 9.17) is 0 Å².